The highest BCUT2D eigenvalue weighted by Crippen LogP contribution is 2.24. The molecule has 28 heavy (non-hydrogen) atoms. The molecule has 3 aromatic rings. The van der Waals surface area contributed by atoms with Crippen molar-refractivity contribution in [3.63, 3.8) is 0 Å². The van der Waals surface area contributed by atoms with Crippen LogP contribution in [0, 0.1) is 0 Å². The van der Waals surface area contributed by atoms with Crippen LogP contribution in [0.25, 0.3) is 0 Å². The number of rotatable bonds is 7. The number of aliphatic hydroxyl groups excluding tert-OH is 1. The molecule has 0 spiro atoms. The lowest BCUT2D eigenvalue weighted by atomic mass is 10.1. The third-order valence-corrected chi connectivity index (χ3v) is 8.19. The van der Waals surface area contributed by atoms with Gasteiger partial charge in [0.2, 0.25) is 0 Å². The van der Waals surface area contributed by atoms with E-state index >= 15 is 0 Å². The Morgan fingerprint density at radius 3 is 2.25 bits per heavy atom. The Morgan fingerprint density at radius 1 is 0.893 bits per heavy atom. The van der Waals surface area contributed by atoms with Crippen molar-refractivity contribution < 1.29 is 9.84 Å². The fourth-order valence-corrected chi connectivity index (χ4v) is 5.79. The van der Waals surface area contributed by atoms with Crippen LogP contribution in [0.1, 0.15) is 24.2 Å². The monoisotopic (exact) mass is 408 g/mol. The van der Waals surface area contributed by atoms with Gasteiger partial charge in [-0.05, 0) is 29.4 Å². The smallest absolute Gasteiger partial charge is 0.127 e. The van der Waals surface area contributed by atoms with E-state index in [0.717, 1.165) is 16.9 Å². The van der Waals surface area contributed by atoms with Crippen LogP contribution < -0.4 is 20.5 Å². The second-order valence-electron chi connectivity index (χ2n) is 8.12. The fourth-order valence-electron chi connectivity index (χ4n) is 3.08. The second-order valence-corrected chi connectivity index (χ2v) is 14.5. The summed E-state index contributed by atoms with van der Waals surface area (Å²) in [6, 6.07) is 25.1. The molecule has 0 heterocycles. The third kappa shape index (κ3) is 5.32. The largest absolute Gasteiger partial charge is 0.488 e. The van der Waals surface area contributed by atoms with E-state index in [0.29, 0.717) is 15.2 Å². The average molecular weight is 409 g/mol. The van der Waals surface area contributed by atoms with Gasteiger partial charge in [-0.3, -0.25) is 0 Å². The Balaban J connectivity index is 1.94. The van der Waals surface area contributed by atoms with Crippen LogP contribution in [0.2, 0.25) is 19.6 Å². The minimum absolute atomic E-state index is 0.447. The first-order valence-electron chi connectivity index (χ1n) is 9.70. The minimum Gasteiger partial charge on any atom is -0.488 e. The lowest BCUT2D eigenvalue weighted by molar-refractivity contribution is 0.200. The van der Waals surface area contributed by atoms with Crippen molar-refractivity contribution in [2.75, 3.05) is 0 Å². The van der Waals surface area contributed by atoms with Crippen LogP contribution in [0.3, 0.4) is 0 Å². The Hall–Kier alpha value is -1.93. The summed E-state index contributed by atoms with van der Waals surface area (Å²) in [7, 11) is -0.980. The van der Waals surface area contributed by atoms with Gasteiger partial charge in [-0.2, -0.15) is 0 Å². The van der Waals surface area contributed by atoms with Gasteiger partial charge >= 0.3 is 0 Å². The van der Waals surface area contributed by atoms with Gasteiger partial charge in [-0.15, -0.1) is 0 Å². The van der Waals surface area contributed by atoms with Gasteiger partial charge in [0.05, 0.1) is 14.2 Å². The molecular formula is C24H29O2PSi. The summed E-state index contributed by atoms with van der Waals surface area (Å²) in [5, 5.41) is 14.0. The molecule has 1 N–H and O–H groups in total. The normalized spacial score (nSPS) is 13.0. The molecule has 3 aromatic carbocycles. The molecule has 0 aliphatic rings. The van der Waals surface area contributed by atoms with Crippen molar-refractivity contribution in [2.45, 2.75) is 39.3 Å². The van der Waals surface area contributed by atoms with Crippen LogP contribution in [0.4, 0.5) is 0 Å². The lowest BCUT2D eigenvalue weighted by Gasteiger charge is -2.21. The maximum atomic E-state index is 10.2. The van der Waals surface area contributed by atoms with E-state index in [1.165, 1.54) is 15.8 Å². The molecule has 3 rings (SSSR count). The Kier molecular flexibility index (Phi) is 6.72. The topological polar surface area (TPSA) is 29.5 Å². The van der Waals surface area contributed by atoms with Crippen LogP contribution in [-0.4, -0.2) is 13.2 Å². The van der Waals surface area contributed by atoms with Crippen molar-refractivity contribution >= 4 is 32.5 Å². The van der Waals surface area contributed by atoms with Crippen molar-refractivity contribution in [3.8, 4) is 5.75 Å². The first-order valence-corrected chi connectivity index (χ1v) is 14.2. The summed E-state index contributed by atoms with van der Waals surface area (Å²) < 4.78 is 6.22. The van der Waals surface area contributed by atoms with E-state index in [1.807, 2.05) is 43.3 Å². The van der Waals surface area contributed by atoms with Crippen molar-refractivity contribution in [1.29, 1.82) is 0 Å². The van der Waals surface area contributed by atoms with Crippen LogP contribution >= 0.6 is 8.58 Å². The van der Waals surface area contributed by atoms with E-state index in [4.69, 9.17) is 4.74 Å². The van der Waals surface area contributed by atoms with Crippen LogP contribution in [0.15, 0.2) is 72.8 Å². The Morgan fingerprint density at radius 2 is 1.57 bits per heavy atom. The van der Waals surface area contributed by atoms with E-state index in [1.54, 1.807) is 0 Å². The van der Waals surface area contributed by atoms with E-state index in [2.05, 4.69) is 56.0 Å². The average Bonchev–Trinajstić information content (AvgIpc) is 2.67. The molecule has 0 saturated heterocycles. The van der Waals surface area contributed by atoms with E-state index in [-0.39, 0.29) is 0 Å². The zero-order valence-corrected chi connectivity index (χ0v) is 19.1. The van der Waals surface area contributed by atoms with Crippen molar-refractivity contribution in [2.24, 2.45) is 0 Å². The summed E-state index contributed by atoms with van der Waals surface area (Å²) in [5.41, 5.74) is 2.16. The number of benzene rings is 3. The fraction of sp³-hybridized carbons (Fsp3) is 0.250. The Bertz CT molecular complexity index is 917. The molecule has 2 atom stereocenters. The molecule has 4 heteroatoms. The number of hydrogen-bond donors (Lipinski definition) is 1. The van der Waals surface area contributed by atoms with Crippen LogP contribution in [0.5, 0.6) is 5.75 Å². The standard InChI is InChI=1S/C24H29O2PSi/c1-18(25)21-12-8-9-13-23(21)27-24-16-20(28(2,3)4)14-15-22(24)26-17-19-10-6-5-7-11-19/h5-16,18,25,27H,17H2,1-4H3. The molecular weight excluding hydrogens is 379 g/mol. The zero-order valence-electron chi connectivity index (χ0n) is 17.1. The van der Waals surface area contributed by atoms with Gasteiger partial charge in [0.25, 0.3) is 0 Å². The van der Waals surface area contributed by atoms with Gasteiger partial charge in [-0.1, -0.05) is 100 Å². The quantitative estimate of drug-likeness (QED) is 0.461. The molecule has 0 bridgehead atoms. The third-order valence-electron chi connectivity index (χ3n) is 4.76. The van der Waals surface area contributed by atoms with Crippen molar-refractivity contribution in [3.05, 3.63) is 83.9 Å². The SMILES string of the molecule is CC(O)c1ccccc1Pc1cc([Si](C)(C)C)ccc1OCc1ccccc1. The molecule has 0 radical (unpaired) electrons. The summed E-state index contributed by atoms with van der Waals surface area (Å²) in [4.78, 5) is 0. The minimum atomic E-state index is -1.43. The zero-order chi connectivity index (χ0) is 20.1. The first kappa shape index (κ1) is 20.8. The van der Waals surface area contributed by atoms with E-state index < -0.39 is 14.2 Å². The van der Waals surface area contributed by atoms with Crippen molar-refractivity contribution in [1.82, 2.24) is 0 Å². The van der Waals surface area contributed by atoms with Crippen LogP contribution in [-0.2, 0) is 6.61 Å². The summed E-state index contributed by atoms with van der Waals surface area (Å²) in [6.07, 6.45) is -0.474. The van der Waals surface area contributed by atoms with Gasteiger partial charge in [0.1, 0.15) is 12.4 Å². The molecule has 0 amide bonds. The summed E-state index contributed by atoms with van der Waals surface area (Å²) >= 11 is 0. The molecule has 2 unspecified atom stereocenters. The summed E-state index contributed by atoms with van der Waals surface area (Å²) in [6.45, 7) is 9.48. The molecule has 0 aromatic heterocycles. The highest BCUT2D eigenvalue weighted by Gasteiger charge is 2.19. The number of hydrogen-bond acceptors (Lipinski definition) is 2. The molecule has 0 aliphatic carbocycles. The molecule has 0 fully saturated rings. The van der Waals surface area contributed by atoms with Gasteiger partial charge in [0, 0.05) is 5.30 Å². The van der Waals surface area contributed by atoms with E-state index in [9.17, 15) is 5.11 Å². The maximum Gasteiger partial charge on any atom is 0.127 e. The van der Waals surface area contributed by atoms with Gasteiger partial charge in [0.15, 0.2) is 0 Å². The second kappa shape index (κ2) is 9.04. The highest BCUT2D eigenvalue weighted by molar-refractivity contribution is 7.56. The summed E-state index contributed by atoms with van der Waals surface area (Å²) in [5.74, 6) is 0.935. The molecule has 0 saturated carbocycles. The molecule has 2 nitrogen and oxygen atoms in total. The predicted molar refractivity (Wildman–Crippen MR) is 125 cm³/mol. The Labute approximate surface area is 171 Å². The number of aliphatic hydroxyl groups is 1. The van der Waals surface area contributed by atoms with Gasteiger partial charge < -0.3 is 9.84 Å². The van der Waals surface area contributed by atoms with Gasteiger partial charge in [-0.25, -0.2) is 0 Å². The molecule has 146 valence electrons. The highest BCUT2D eigenvalue weighted by atomic mass is 31.1. The molecule has 0 aliphatic heterocycles. The number of ether oxygens (including phenoxy) is 1. The lowest BCUT2D eigenvalue weighted by Crippen LogP contribution is -2.39. The first-order chi connectivity index (χ1) is 13.3. The maximum absolute atomic E-state index is 10.2. The predicted octanol–water partition coefficient (Wildman–Crippen LogP) is 4.49.